The highest BCUT2D eigenvalue weighted by molar-refractivity contribution is 7.99. The molecule has 1 saturated carbocycles. The largest absolute Gasteiger partial charge is 0.508 e. The number of ether oxygens (including phenoxy) is 3. The molecule has 0 spiro atoms. The molecular weight excluding hydrogens is 1000 g/mol. The third kappa shape index (κ3) is 17.3. The quantitative estimate of drug-likeness (QED) is 0.0173. The van der Waals surface area contributed by atoms with Gasteiger partial charge in [-0.3, -0.25) is 10.1 Å². The molecule has 73 heavy (non-hydrogen) atoms. The molecule has 3 atom stereocenters. The average molecular weight is 1070 g/mol. The van der Waals surface area contributed by atoms with E-state index in [2.05, 4.69) is 41.7 Å². The van der Waals surface area contributed by atoms with Gasteiger partial charge in [-0.1, -0.05) is 120 Å². The van der Waals surface area contributed by atoms with E-state index in [0.717, 1.165) is 89.5 Å². The summed E-state index contributed by atoms with van der Waals surface area (Å²) in [5, 5.41) is 48.2. The highest BCUT2D eigenvalue weighted by Gasteiger charge is 2.45. The molecule has 1 aliphatic carbocycles. The molecule has 0 radical (unpaired) electrons. The summed E-state index contributed by atoms with van der Waals surface area (Å²) in [6.07, 6.45) is 9.10. The summed E-state index contributed by atoms with van der Waals surface area (Å²) in [4.78, 5) is 18.7. The lowest BCUT2D eigenvalue weighted by Crippen LogP contribution is -2.37. The Morgan fingerprint density at radius 1 is 0.822 bits per heavy atom. The number of aromatic nitrogens is 1. The van der Waals surface area contributed by atoms with Gasteiger partial charge in [0, 0.05) is 55.7 Å². The summed E-state index contributed by atoms with van der Waals surface area (Å²) in [7, 11) is 0. The van der Waals surface area contributed by atoms with Crippen molar-refractivity contribution in [3.63, 3.8) is 0 Å². The molecule has 0 amide bonds. The molecule has 7 rings (SSSR count). The van der Waals surface area contributed by atoms with Gasteiger partial charge in [-0.25, -0.2) is 4.98 Å². The number of carbonyl (C=O) groups is 1. The summed E-state index contributed by atoms with van der Waals surface area (Å²) >= 11 is 20.6. The number of pyridine rings is 1. The first kappa shape index (κ1) is 56.2. The second-order valence-electron chi connectivity index (χ2n) is 19.5. The van der Waals surface area contributed by atoms with Gasteiger partial charge >= 0.3 is 5.97 Å². The lowest BCUT2D eigenvalue weighted by atomic mass is 9.90. The lowest BCUT2D eigenvalue weighted by molar-refractivity contribution is -0.152. The number of hydrogen-bond acceptors (Lipinski definition) is 11. The molecule has 5 N–H and O–H groups in total. The van der Waals surface area contributed by atoms with Crippen LogP contribution in [0.25, 0.3) is 23.1 Å². The van der Waals surface area contributed by atoms with E-state index in [1.165, 1.54) is 11.6 Å². The van der Waals surface area contributed by atoms with Crippen LogP contribution in [0.2, 0.25) is 15.1 Å². The van der Waals surface area contributed by atoms with E-state index in [1.807, 2.05) is 80.2 Å². The number of hydrogen-bond donors (Lipinski definition) is 5. The summed E-state index contributed by atoms with van der Waals surface area (Å²) < 4.78 is 17.7. The Balaban J connectivity index is 0.969. The summed E-state index contributed by atoms with van der Waals surface area (Å²) in [5.74, 6) is 0.438. The third-order valence-corrected chi connectivity index (χ3v) is 15.9. The first-order valence-electron chi connectivity index (χ1n) is 25.1. The Labute approximate surface area is 449 Å². The zero-order valence-corrected chi connectivity index (χ0v) is 44.7. The second kappa shape index (κ2) is 27.3. The zero-order chi connectivity index (χ0) is 51.8. The van der Waals surface area contributed by atoms with Gasteiger partial charge < -0.3 is 34.6 Å². The van der Waals surface area contributed by atoms with Crippen molar-refractivity contribution in [2.75, 3.05) is 32.1 Å². The van der Waals surface area contributed by atoms with E-state index in [0.29, 0.717) is 59.0 Å². The van der Waals surface area contributed by atoms with Crippen LogP contribution in [0.3, 0.4) is 0 Å². The number of unbranched alkanes of at least 4 members (excludes halogenated alkanes) is 2. The van der Waals surface area contributed by atoms with Crippen LogP contribution in [-0.4, -0.2) is 69.7 Å². The van der Waals surface area contributed by atoms with Crippen LogP contribution in [0.15, 0.2) is 115 Å². The summed E-state index contributed by atoms with van der Waals surface area (Å²) in [6, 6.07) is 36.4. The molecule has 1 aliphatic rings. The molecule has 0 bridgehead atoms. The normalized spacial score (nSPS) is 14.6. The van der Waals surface area contributed by atoms with Gasteiger partial charge in [0.25, 0.3) is 0 Å². The minimum atomic E-state index is -0.982. The third-order valence-electron chi connectivity index (χ3n) is 13.2. The molecule has 5 aromatic carbocycles. The van der Waals surface area contributed by atoms with Crippen molar-refractivity contribution in [1.82, 2.24) is 10.3 Å². The molecule has 0 aliphatic heterocycles. The number of carbonyl (C=O) groups excluding carboxylic acids is 1. The van der Waals surface area contributed by atoms with E-state index in [9.17, 15) is 25.2 Å². The highest BCUT2D eigenvalue weighted by atomic mass is 35.5. The van der Waals surface area contributed by atoms with E-state index in [-0.39, 0.29) is 42.0 Å². The molecule has 0 saturated heterocycles. The molecule has 1 heterocycles. The maximum Gasteiger partial charge on any atom is 0.307 e. The number of esters is 1. The number of aliphatic hydroxyl groups excluding tert-OH is 2. The number of thioether (sulfide) groups is 1. The molecular formula is C59H67Cl3N2O8S. The van der Waals surface area contributed by atoms with Gasteiger partial charge in [0.1, 0.15) is 5.75 Å². The molecule has 6 aromatic rings. The van der Waals surface area contributed by atoms with Crippen LogP contribution in [0, 0.1) is 5.41 Å². The first-order valence-corrected chi connectivity index (χ1v) is 27.3. The number of aliphatic hydroxyl groups is 3. The number of benzene rings is 5. The summed E-state index contributed by atoms with van der Waals surface area (Å²) in [5.41, 5.74) is 6.35. The first-order chi connectivity index (χ1) is 35.2. The lowest BCUT2D eigenvalue weighted by Gasteiger charge is -2.25. The molecule has 10 nitrogen and oxygen atoms in total. The molecule has 14 heteroatoms. The number of phenols is 1. The summed E-state index contributed by atoms with van der Waals surface area (Å²) in [6.45, 7) is 5.06. The standard InChI is InChI=1S/C59H67Cl3N2O8S/c1-58(2,69)49-13-6-5-11-41(49)21-26-55(44-12-8-10-40(32-44)17-23-47-24-19-42-18-22-46(60)34-52(42)64-47)73-39-59(27-28-59)35-57(68)72-56(63-36-54(67)43-20-25-53(66)45(33-43)37-65)16-4-3-7-29-70-30-31-71-38-48-50(61)14-9-15-51(48)62/h5-6,8-15,17-20,22-25,32-34,54-56,63,65-67,69H,3-4,7,16,21,26-31,35-39H2,1-2H3. The van der Waals surface area contributed by atoms with Crippen LogP contribution in [0.5, 0.6) is 5.75 Å². The van der Waals surface area contributed by atoms with E-state index in [4.69, 9.17) is 54.0 Å². The maximum atomic E-state index is 13.9. The molecule has 1 fully saturated rings. The SMILES string of the molecule is CC(C)(O)c1ccccc1CCC(SCC1(CC(=O)OC(CCCCCOCCOCc2c(Cl)cccc2Cl)NCC(O)c2ccc(O)c(CO)c2)CC1)c1cccc(C=Cc2ccc3ccc(Cl)cc3n2)c1. The van der Waals surface area contributed by atoms with E-state index in [1.54, 1.807) is 30.3 Å². The van der Waals surface area contributed by atoms with Crippen molar-refractivity contribution in [3.05, 3.63) is 175 Å². The van der Waals surface area contributed by atoms with E-state index >= 15 is 0 Å². The Hall–Kier alpha value is -4.50. The Kier molecular flexibility index (Phi) is 21.1. The average Bonchev–Trinajstić information content (AvgIpc) is 4.14. The number of halogens is 3. The van der Waals surface area contributed by atoms with Gasteiger partial charge in [0.2, 0.25) is 0 Å². The van der Waals surface area contributed by atoms with Crippen molar-refractivity contribution in [2.45, 2.75) is 108 Å². The van der Waals surface area contributed by atoms with Gasteiger partial charge in [-0.05, 0) is 141 Å². The van der Waals surface area contributed by atoms with Crippen molar-refractivity contribution in [1.29, 1.82) is 0 Å². The second-order valence-corrected chi connectivity index (χ2v) is 21.9. The van der Waals surface area contributed by atoms with Crippen molar-refractivity contribution in [3.8, 4) is 5.75 Å². The number of aromatic hydroxyl groups is 1. The number of nitrogens with one attached hydrogen (secondary N) is 1. The predicted molar refractivity (Wildman–Crippen MR) is 296 cm³/mol. The van der Waals surface area contributed by atoms with Gasteiger partial charge in [0.05, 0.1) is 55.8 Å². The Morgan fingerprint density at radius 2 is 1.59 bits per heavy atom. The number of rotatable bonds is 29. The minimum absolute atomic E-state index is 0.0470. The monoisotopic (exact) mass is 1070 g/mol. The topological polar surface area (TPSA) is 151 Å². The van der Waals surface area contributed by atoms with Gasteiger partial charge in [-0.2, -0.15) is 11.8 Å². The smallest absolute Gasteiger partial charge is 0.307 e. The fraction of sp³-hybridized carbons (Fsp3) is 0.390. The Bertz CT molecular complexity index is 2760. The maximum absolute atomic E-state index is 13.9. The van der Waals surface area contributed by atoms with Crippen LogP contribution < -0.4 is 5.32 Å². The minimum Gasteiger partial charge on any atom is -0.508 e. The van der Waals surface area contributed by atoms with Crippen molar-refractivity contribution in [2.24, 2.45) is 5.41 Å². The highest BCUT2D eigenvalue weighted by Crippen LogP contribution is 2.54. The van der Waals surface area contributed by atoms with Crippen LogP contribution >= 0.6 is 46.6 Å². The van der Waals surface area contributed by atoms with Crippen LogP contribution in [0.1, 0.15) is 121 Å². The number of fused-ring (bicyclic) bond motifs is 1. The number of nitrogens with zero attached hydrogens (tertiary/aromatic N) is 1. The number of aryl methyl sites for hydroxylation is 1. The Morgan fingerprint density at radius 3 is 2.37 bits per heavy atom. The molecule has 1 aromatic heterocycles. The molecule has 3 unspecified atom stereocenters. The van der Waals surface area contributed by atoms with Crippen LogP contribution in [-0.2, 0) is 44.2 Å². The van der Waals surface area contributed by atoms with E-state index < -0.39 is 17.9 Å². The predicted octanol–water partition coefficient (Wildman–Crippen LogP) is 13.4. The fourth-order valence-electron chi connectivity index (χ4n) is 8.82. The van der Waals surface area contributed by atoms with Gasteiger partial charge in [0.15, 0.2) is 6.23 Å². The zero-order valence-electron chi connectivity index (χ0n) is 41.6. The molecule has 388 valence electrons. The fourth-order valence-corrected chi connectivity index (χ4v) is 11.1. The van der Waals surface area contributed by atoms with Gasteiger partial charge in [-0.15, -0.1) is 0 Å². The van der Waals surface area contributed by atoms with Crippen molar-refractivity contribution >= 4 is 75.6 Å². The van der Waals surface area contributed by atoms with Crippen LogP contribution in [0.4, 0.5) is 0 Å². The van der Waals surface area contributed by atoms with Crippen molar-refractivity contribution < 1.29 is 39.4 Å².